The fourth-order valence-electron chi connectivity index (χ4n) is 2.60. The Morgan fingerprint density at radius 1 is 1.00 bits per heavy atom. The molecule has 102 valence electrons. The first kappa shape index (κ1) is 11.9. The topological polar surface area (TPSA) is 56.2 Å². The molecule has 1 aliphatic rings. The molecular weight excluding hydrogens is 260 g/mol. The van der Waals surface area contributed by atoms with Crippen molar-refractivity contribution in [3.63, 3.8) is 0 Å². The van der Waals surface area contributed by atoms with E-state index in [9.17, 15) is 0 Å². The molecule has 1 aliphatic heterocycles. The van der Waals surface area contributed by atoms with Crippen molar-refractivity contribution in [3.05, 3.63) is 77.9 Å². The van der Waals surface area contributed by atoms with E-state index in [0.29, 0.717) is 0 Å². The van der Waals surface area contributed by atoms with Gasteiger partial charge in [-0.15, -0.1) is 0 Å². The number of para-hydroxylation sites is 1. The lowest BCUT2D eigenvalue weighted by Crippen LogP contribution is -2.10. The zero-order chi connectivity index (χ0) is 14.2. The Morgan fingerprint density at radius 2 is 1.81 bits per heavy atom. The summed E-state index contributed by atoms with van der Waals surface area (Å²) in [4.78, 5) is 9.33. The Labute approximate surface area is 122 Å². The second-order valence-electron chi connectivity index (χ2n) is 5.09. The minimum atomic E-state index is 0.747. The molecule has 0 bridgehead atoms. The number of hydrogen-bond acceptors (Lipinski definition) is 3. The van der Waals surface area contributed by atoms with Crippen LogP contribution in [0.25, 0.3) is 0 Å². The highest BCUT2D eigenvalue weighted by Gasteiger charge is 2.18. The summed E-state index contributed by atoms with van der Waals surface area (Å²) in [7, 11) is 0. The average Bonchev–Trinajstić information content (AvgIpc) is 2.89. The first-order valence-corrected chi connectivity index (χ1v) is 6.85. The summed E-state index contributed by atoms with van der Waals surface area (Å²) in [6, 6.07) is 16.0. The third kappa shape index (κ3) is 2.01. The van der Waals surface area contributed by atoms with Crippen LogP contribution in [0, 0.1) is 0 Å². The average molecular weight is 274 g/mol. The number of imidazole rings is 1. The fourth-order valence-corrected chi connectivity index (χ4v) is 2.60. The Bertz CT molecular complexity index is 828. The van der Waals surface area contributed by atoms with Crippen LogP contribution in [0.4, 0.5) is 11.4 Å². The van der Waals surface area contributed by atoms with Crippen LogP contribution in [0.5, 0.6) is 0 Å². The van der Waals surface area contributed by atoms with E-state index in [1.807, 2.05) is 54.9 Å². The predicted molar refractivity (Wildman–Crippen MR) is 83.9 cm³/mol. The second kappa shape index (κ2) is 4.59. The minimum absolute atomic E-state index is 0.747. The molecule has 2 heterocycles. The molecule has 1 aromatic heterocycles. The summed E-state index contributed by atoms with van der Waals surface area (Å²) in [5.41, 5.74) is 10.6. The number of nitrogens with two attached hydrogens (primary N) is 1. The van der Waals surface area contributed by atoms with Crippen molar-refractivity contribution in [3.8, 4) is 0 Å². The van der Waals surface area contributed by atoms with E-state index in [1.54, 1.807) is 0 Å². The Hall–Kier alpha value is -2.88. The van der Waals surface area contributed by atoms with Crippen LogP contribution < -0.4 is 5.73 Å². The van der Waals surface area contributed by atoms with Gasteiger partial charge in [-0.25, -0.2) is 9.98 Å². The Kier molecular flexibility index (Phi) is 2.60. The SMILES string of the molecule is Nc1ccc(C2=Nc3ccccc3Cn3ccnc32)cc1. The van der Waals surface area contributed by atoms with Crippen LogP contribution in [-0.2, 0) is 6.54 Å². The lowest BCUT2D eigenvalue weighted by Gasteiger charge is -2.06. The molecule has 0 unspecified atom stereocenters. The molecule has 3 aromatic rings. The zero-order valence-electron chi connectivity index (χ0n) is 11.4. The molecule has 2 N–H and O–H groups in total. The molecule has 4 heteroatoms. The summed E-state index contributed by atoms with van der Waals surface area (Å²) in [5.74, 6) is 0.885. The van der Waals surface area contributed by atoms with Crippen molar-refractivity contribution in [2.24, 2.45) is 4.99 Å². The van der Waals surface area contributed by atoms with Gasteiger partial charge in [0.15, 0.2) is 5.82 Å². The standard InChI is InChI=1S/C17H14N4/c18-14-7-5-12(6-8-14)16-17-19-9-10-21(17)11-13-3-1-2-4-15(13)20-16/h1-10H,11,18H2. The fraction of sp³-hybridized carbons (Fsp3) is 0.0588. The summed E-state index contributed by atoms with van der Waals surface area (Å²) < 4.78 is 2.13. The largest absolute Gasteiger partial charge is 0.399 e. The molecule has 0 saturated carbocycles. The molecule has 2 aromatic carbocycles. The third-order valence-corrected chi connectivity index (χ3v) is 3.68. The zero-order valence-corrected chi connectivity index (χ0v) is 11.4. The number of aliphatic imine (C=N–C) groups is 1. The third-order valence-electron chi connectivity index (χ3n) is 3.68. The number of anilines is 1. The monoisotopic (exact) mass is 274 g/mol. The van der Waals surface area contributed by atoms with Crippen molar-refractivity contribution >= 4 is 17.1 Å². The maximum atomic E-state index is 5.78. The van der Waals surface area contributed by atoms with Crippen LogP contribution in [0.2, 0.25) is 0 Å². The molecule has 4 nitrogen and oxygen atoms in total. The summed E-state index contributed by atoms with van der Waals surface area (Å²) in [6.07, 6.45) is 3.81. The minimum Gasteiger partial charge on any atom is -0.399 e. The van der Waals surface area contributed by atoms with Crippen molar-refractivity contribution in [2.75, 3.05) is 5.73 Å². The van der Waals surface area contributed by atoms with Gasteiger partial charge in [-0.3, -0.25) is 0 Å². The van der Waals surface area contributed by atoms with Crippen molar-refractivity contribution < 1.29 is 0 Å². The summed E-state index contributed by atoms with van der Waals surface area (Å²) >= 11 is 0. The molecular formula is C17H14N4. The van der Waals surface area contributed by atoms with E-state index in [0.717, 1.165) is 35.0 Å². The van der Waals surface area contributed by atoms with Gasteiger partial charge in [-0.2, -0.15) is 0 Å². The van der Waals surface area contributed by atoms with Gasteiger partial charge in [0.1, 0.15) is 5.71 Å². The first-order chi connectivity index (χ1) is 10.3. The molecule has 0 amide bonds. The Morgan fingerprint density at radius 3 is 2.67 bits per heavy atom. The maximum Gasteiger partial charge on any atom is 0.159 e. The van der Waals surface area contributed by atoms with Gasteiger partial charge in [-0.05, 0) is 23.8 Å². The highest BCUT2D eigenvalue weighted by atomic mass is 15.1. The summed E-state index contributed by atoms with van der Waals surface area (Å²) in [6.45, 7) is 0.785. The predicted octanol–water partition coefficient (Wildman–Crippen LogP) is 3.00. The lowest BCUT2D eigenvalue weighted by molar-refractivity contribution is 0.794. The van der Waals surface area contributed by atoms with Gasteiger partial charge < -0.3 is 10.3 Å². The molecule has 0 atom stereocenters. The van der Waals surface area contributed by atoms with E-state index >= 15 is 0 Å². The van der Waals surface area contributed by atoms with E-state index in [1.165, 1.54) is 5.56 Å². The van der Waals surface area contributed by atoms with E-state index in [4.69, 9.17) is 10.7 Å². The number of rotatable bonds is 1. The number of aromatic nitrogens is 2. The number of benzene rings is 2. The summed E-state index contributed by atoms with van der Waals surface area (Å²) in [5, 5.41) is 0. The Balaban J connectivity index is 1.96. The molecule has 4 rings (SSSR count). The van der Waals surface area contributed by atoms with E-state index in [2.05, 4.69) is 15.6 Å². The van der Waals surface area contributed by atoms with Crippen molar-refractivity contribution in [2.45, 2.75) is 6.54 Å². The molecule has 0 radical (unpaired) electrons. The maximum absolute atomic E-state index is 5.78. The van der Waals surface area contributed by atoms with Crippen LogP contribution in [0.3, 0.4) is 0 Å². The molecule has 0 spiro atoms. The van der Waals surface area contributed by atoms with Gasteiger partial charge in [0.05, 0.1) is 12.2 Å². The molecule has 0 aliphatic carbocycles. The van der Waals surface area contributed by atoms with Gasteiger partial charge in [0.25, 0.3) is 0 Å². The van der Waals surface area contributed by atoms with Crippen LogP contribution in [0.1, 0.15) is 17.0 Å². The van der Waals surface area contributed by atoms with Crippen LogP contribution in [-0.4, -0.2) is 15.3 Å². The quantitative estimate of drug-likeness (QED) is 0.542. The molecule has 21 heavy (non-hydrogen) atoms. The van der Waals surface area contributed by atoms with Crippen molar-refractivity contribution in [1.82, 2.24) is 9.55 Å². The molecule has 0 fully saturated rings. The highest BCUT2D eigenvalue weighted by molar-refractivity contribution is 6.12. The number of nitrogen functional groups attached to an aromatic ring is 1. The smallest absolute Gasteiger partial charge is 0.159 e. The van der Waals surface area contributed by atoms with E-state index < -0.39 is 0 Å². The number of hydrogen-bond donors (Lipinski definition) is 1. The second-order valence-corrected chi connectivity index (χ2v) is 5.09. The lowest BCUT2D eigenvalue weighted by atomic mass is 10.1. The first-order valence-electron chi connectivity index (χ1n) is 6.85. The van der Waals surface area contributed by atoms with Crippen molar-refractivity contribution in [1.29, 1.82) is 0 Å². The number of nitrogens with zero attached hydrogens (tertiary/aromatic N) is 3. The van der Waals surface area contributed by atoms with Crippen LogP contribution >= 0.6 is 0 Å². The molecule has 0 saturated heterocycles. The highest BCUT2D eigenvalue weighted by Crippen LogP contribution is 2.26. The van der Waals surface area contributed by atoms with Gasteiger partial charge in [-0.1, -0.05) is 30.3 Å². The van der Waals surface area contributed by atoms with Crippen LogP contribution in [0.15, 0.2) is 65.9 Å². The normalized spacial score (nSPS) is 13.0. The van der Waals surface area contributed by atoms with Gasteiger partial charge in [0, 0.05) is 23.6 Å². The number of fused-ring (bicyclic) bond motifs is 2. The van der Waals surface area contributed by atoms with Gasteiger partial charge >= 0.3 is 0 Å². The van der Waals surface area contributed by atoms with E-state index in [-0.39, 0.29) is 0 Å². The van der Waals surface area contributed by atoms with Gasteiger partial charge in [0.2, 0.25) is 0 Å².